The molecule has 0 heterocycles. The average molecular weight is 271 g/mol. The smallest absolute Gasteiger partial charge is 0.0630 e. The average Bonchev–Trinajstić information content (AvgIpc) is 2.56. The van der Waals surface area contributed by atoms with E-state index in [1.54, 1.807) is 0 Å². The summed E-state index contributed by atoms with van der Waals surface area (Å²) in [4.78, 5) is 0. The van der Waals surface area contributed by atoms with Gasteiger partial charge in [-0.15, -0.1) is 0 Å². The molecule has 0 saturated carbocycles. The van der Waals surface area contributed by atoms with Gasteiger partial charge in [0.05, 0.1) is 10.5 Å². The SMILES string of the molecule is [2H]c1c([2H])c([2H])c2c(-c3ccccc3)c(C)c(C)c(Cl)c2c1[2H]. The van der Waals surface area contributed by atoms with E-state index in [0.717, 1.165) is 22.3 Å². The van der Waals surface area contributed by atoms with Crippen molar-refractivity contribution < 1.29 is 5.48 Å². The molecule has 3 aromatic carbocycles. The topological polar surface area (TPSA) is 0 Å². The lowest BCUT2D eigenvalue weighted by molar-refractivity contribution is 1.36. The van der Waals surface area contributed by atoms with E-state index < -0.39 is 0 Å². The Morgan fingerprint density at radius 2 is 1.53 bits per heavy atom. The Morgan fingerprint density at radius 1 is 0.895 bits per heavy atom. The molecular formula is C18H15Cl. The molecule has 19 heavy (non-hydrogen) atoms. The number of halogens is 1. The summed E-state index contributed by atoms with van der Waals surface area (Å²) in [6, 6.07) is 8.99. The van der Waals surface area contributed by atoms with Gasteiger partial charge in [0.25, 0.3) is 0 Å². The molecule has 1 heteroatoms. The van der Waals surface area contributed by atoms with E-state index in [1.165, 1.54) is 0 Å². The maximum atomic E-state index is 8.33. The molecule has 3 aromatic rings. The lowest BCUT2D eigenvalue weighted by Gasteiger charge is -2.15. The first-order valence-corrected chi connectivity index (χ1v) is 6.48. The Labute approximate surface area is 124 Å². The van der Waals surface area contributed by atoms with Gasteiger partial charge in [0, 0.05) is 5.39 Å². The van der Waals surface area contributed by atoms with E-state index >= 15 is 0 Å². The summed E-state index contributed by atoms with van der Waals surface area (Å²) in [6.07, 6.45) is 0. The van der Waals surface area contributed by atoms with Crippen molar-refractivity contribution in [2.45, 2.75) is 13.8 Å². The van der Waals surface area contributed by atoms with E-state index in [4.69, 9.17) is 17.1 Å². The Morgan fingerprint density at radius 3 is 2.21 bits per heavy atom. The van der Waals surface area contributed by atoms with Gasteiger partial charge in [0.1, 0.15) is 0 Å². The minimum absolute atomic E-state index is 0.0511. The number of benzene rings is 3. The van der Waals surface area contributed by atoms with Crippen LogP contribution in [0.1, 0.15) is 16.6 Å². The predicted octanol–water partition coefficient (Wildman–Crippen LogP) is 5.78. The molecular weight excluding hydrogens is 252 g/mol. The molecule has 0 N–H and O–H groups in total. The Bertz CT molecular complexity index is 925. The first-order valence-electron chi connectivity index (χ1n) is 8.10. The summed E-state index contributed by atoms with van der Waals surface area (Å²) < 4.78 is 32.4. The Kier molecular flexibility index (Phi) is 2.08. The minimum Gasteiger partial charge on any atom is -0.0834 e. The monoisotopic (exact) mass is 270 g/mol. The molecule has 0 aromatic heterocycles. The maximum Gasteiger partial charge on any atom is 0.0630 e. The fourth-order valence-corrected chi connectivity index (χ4v) is 2.64. The van der Waals surface area contributed by atoms with Crippen molar-refractivity contribution in [1.29, 1.82) is 0 Å². The third kappa shape index (κ3) is 1.93. The molecule has 0 unspecified atom stereocenters. The van der Waals surface area contributed by atoms with Gasteiger partial charge in [0.15, 0.2) is 0 Å². The molecule has 0 spiro atoms. The molecule has 0 aliphatic heterocycles. The van der Waals surface area contributed by atoms with Crippen molar-refractivity contribution in [3.05, 3.63) is 70.7 Å². The van der Waals surface area contributed by atoms with Gasteiger partial charge < -0.3 is 0 Å². The summed E-state index contributed by atoms with van der Waals surface area (Å²) in [7, 11) is 0. The lowest BCUT2D eigenvalue weighted by Crippen LogP contribution is -1.92. The molecule has 0 atom stereocenters. The van der Waals surface area contributed by atoms with Crippen LogP contribution in [0.5, 0.6) is 0 Å². The van der Waals surface area contributed by atoms with Crippen LogP contribution in [0.15, 0.2) is 54.5 Å². The lowest BCUT2D eigenvalue weighted by atomic mass is 9.91. The Hall–Kier alpha value is -1.79. The summed E-state index contributed by atoms with van der Waals surface area (Å²) in [5, 5.41) is 1.26. The van der Waals surface area contributed by atoms with Crippen LogP contribution in [0, 0.1) is 13.8 Å². The quantitative estimate of drug-likeness (QED) is 0.526. The van der Waals surface area contributed by atoms with Gasteiger partial charge in [-0.25, -0.2) is 0 Å². The van der Waals surface area contributed by atoms with E-state index in [2.05, 4.69) is 0 Å². The van der Waals surface area contributed by atoms with Crippen LogP contribution in [0.3, 0.4) is 0 Å². The van der Waals surface area contributed by atoms with Crippen LogP contribution in [-0.2, 0) is 0 Å². The van der Waals surface area contributed by atoms with Gasteiger partial charge >= 0.3 is 0 Å². The second-order valence-corrected chi connectivity index (χ2v) is 4.93. The van der Waals surface area contributed by atoms with Crippen molar-refractivity contribution in [3.63, 3.8) is 0 Å². The molecule has 0 aliphatic carbocycles. The third-order valence-electron chi connectivity index (χ3n) is 3.49. The molecule has 0 radical (unpaired) electrons. The van der Waals surface area contributed by atoms with Crippen LogP contribution in [0.25, 0.3) is 21.9 Å². The number of rotatable bonds is 1. The van der Waals surface area contributed by atoms with E-state index in [0.29, 0.717) is 15.8 Å². The van der Waals surface area contributed by atoms with Crippen LogP contribution in [-0.4, -0.2) is 0 Å². The zero-order chi connectivity index (χ0) is 16.9. The van der Waals surface area contributed by atoms with Gasteiger partial charge in [0.2, 0.25) is 0 Å². The van der Waals surface area contributed by atoms with E-state index in [9.17, 15) is 0 Å². The van der Waals surface area contributed by atoms with Crippen LogP contribution in [0.4, 0.5) is 0 Å². The second-order valence-electron chi connectivity index (χ2n) is 4.56. The zero-order valence-electron chi connectivity index (χ0n) is 14.8. The number of hydrogen-bond donors (Lipinski definition) is 0. The molecule has 0 fully saturated rings. The van der Waals surface area contributed by atoms with Crippen molar-refractivity contribution in [1.82, 2.24) is 0 Å². The van der Waals surface area contributed by atoms with Crippen molar-refractivity contribution >= 4 is 22.4 Å². The third-order valence-corrected chi connectivity index (χ3v) is 3.96. The summed E-state index contributed by atoms with van der Waals surface area (Å²) >= 11 is 6.44. The molecule has 3 rings (SSSR count). The van der Waals surface area contributed by atoms with E-state index in [-0.39, 0.29) is 24.2 Å². The minimum atomic E-state index is -0.258. The molecule has 0 amide bonds. The van der Waals surface area contributed by atoms with Gasteiger partial charge in [-0.2, -0.15) is 0 Å². The number of hydrogen-bond acceptors (Lipinski definition) is 0. The largest absolute Gasteiger partial charge is 0.0834 e. The van der Waals surface area contributed by atoms with Crippen molar-refractivity contribution in [2.24, 2.45) is 0 Å². The zero-order valence-corrected chi connectivity index (χ0v) is 11.5. The number of fused-ring (bicyclic) bond motifs is 1. The Balaban J connectivity index is 2.65. The highest BCUT2D eigenvalue weighted by molar-refractivity contribution is 6.37. The first kappa shape index (κ1) is 8.39. The normalized spacial score (nSPS) is 13.8. The fourth-order valence-electron chi connectivity index (χ4n) is 2.36. The summed E-state index contributed by atoms with van der Waals surface area (Å²) in [5.74, 6) is 0. The van der Waals surface area contributed by atoms with Gasteiger partial charge in [-0.3, -0.25) is 0 Å². The highest BCUT2D eigenvalue weighted by atomic mass is 35.5. The molecule has 0 bridgehead atoms. The van der Waals surface area contributed by atoms with Gasteiger partial charge in [-0.05, 0) is 41.5 Å². The molecule has 0 aliphatic rings. The highest BCUT2D eigenvalue weighted by Gasteiger charge is 2.13. The predicted molar refractivity (Wildman–Crippen MR) is 83.9 cm³/mol. The standard InChI is InChI=1S/C18H15Cl/c1-12-13(2)18(19)16-11-7-6-10-15(16)17(12)14-8-4-3-5-9-14/h3-11H,1-2H3/i6D,7D,10D,11D. The molecule has 94 valence electrons. The highest BCUT2D eigenvalue weighted by Crippen LogP contribution is 2.38. The van der Waals surface area contributed by atoms with Gasteiger partial charge in [-0.1, -0.05) is 66.1 Å². The van der Waals surface area contributed by atoms with Crippen LogP contribution in [0.2, 0.25) is 5.02 Å². The van der Waals surface area contributed by atoms with Crippen molar-refractivity contribution in [3.8, 4) is 11.1 Å². The van der Waals surface area contributed by atoms with Crippen molar-refractivity contribution in [2.75, 3.05) is 0 Å². The second kappa shape index (κ2) is 4.71. The first-order chi connectivity index (χ1) is 10.9. The van der Waals surface area contributed by atoms with Crippen LogP contribution < -0.4 is 0 Å². The molecule has 0 saturated heterocycles. The molecule has 0 nitrogen and oxygen atoms in total. The van der Waals surface area contributed by atoms with Crippen LogP contribution >= 0.6 is 11.6 Å². The maximum absolute atomic E-state index is 8.33. The fraction of sp³-hybridized carbons (Fsp3) is 0.111. The summed E-state index contributed by atoms with van der Waals surface area (Å²) in [5.41, 5.74) is 3.50. The van der Waals surface area contributed by atoms with E-state index in [1.807, 2.05) is 44.2 Å². The summed E-state index contributed by atoms with van der Waals surface area (Å²) in [6.45, 7) is 3.81.